The van der Waals surface area contributed by atoms with Gasteiger partial charge in [0.1, 0.15) is 5.92 Å². The Kier molecular flexibility index (Phi) is 3.63. The molecule has 0 radical (unpaired) electrons. The van der Waals surface area contributed by atoms with Crippen molar-refractivity contribution >= 4 is 5.97 Å². The highest BCUT2D eigenvalue weighted by Crippen LogP contribution is 2.45. The number of carbonyl (C=O) groups is 1. The summed E-state index contributed by atoms with van der Waals surface area (Å²) in [7, 11) is 4.68. The summed E-state index contributed by atoms with van der Waals surface area (Å²) in [5.74, 6) is 1.40. The van der Waals surface area contributed by atoms with Crippen molar-refractivity contribution in [3.8, 4) is 23.0 Å². The summed E-state index contributed by atoms with van der Waals surface area (Å²) in [5.41, 5.74) is 1.58. The van der Waals surface area contributed by atoms with E-state index in [2.05, 4.69) is 0 Å². The van der Waals surface area contributed by atoms with Crippen molar-refractivity contribution < 1.29 is 23.7 Å². The van der Waals surface area contributed by atoms with Crippen molar-refractivity contribution in [3.63, 3.8) is 0 Å². The quantitative estimate of drug-likeness (QED) is 0.642. The topological polar surface area (TPSA) is 54.0 Å². The first-order chi connectivity index (χ1) is 10.7. The molecule has 3 rings (SSSR count). The molecule has 22 heavy (non-hydrogen) atoms. The van der Waals surface area contributed by atoms with Gasteiger partial charge in [-0.1, -0.05) is 18.2 Å². The van der Waals surface area contributed by atoms with Gasteiger partial charge in [0.25, 0.3) is 0 Å². The number of ether oxygens (including phenoxy) is 4. The zero-order valence-electron chi connectivity index (χ0n) is 12.6. The number of benzene rings is 2. The SMILES string of the molecule is COc1ccc(C2C(=O)Oc3c(OC)cccc32)cc1OC. The van der Waals surface area contributed by atoms with Crippen LogP contribution in [0.15, 0.2) is 36.4 Å². The van der Waals surface area contributed by atoms with Crippen molar-refractivity contribution in [1.82, 2.24) is 0 Å². The third-order valence-electron chi connectivity index (χ3n) is 3.72. The van der Waals surface area contributed by atoms with E-state index in [4.69, 9.17) is 18.9 Å². The molecule has 5 heteroatoms. The standard InChI is InChI=1S/C17H16O5/c1-19-12-8-7-10(9-14(12)21-3)15-11-5-4-6-13(20-2)16(11)22-17(15)18/h4-9,15H,1-3H3. The lowest BCUT2D eigenvalue weighted by Crippen LogP contribution is -2.11. The van der Waals surface area contributed by atoms with Crippen molar-refractivity contribution in [1.29, 1.82) is 0 Å². The molecule has 114 valence electrons. The number of rotatable bonds is 4. The van der Waals surface area contributed by atoms with Crippen molar-refractivity contribution in [2.45, 2.75) is 5.92 Å². The summed E-state index contributed by atoms with van der Waals surface area (Å²) in [4.78, 5) is 12.3. The predicted octanol–water partition coefficient (Wildman–Crippen LogP) is 2.76. The second-order valence-corrected chi connectivity index (χ2v) is 4.85. The molecule has 0 bridgehead atoms. The van der Waals surface area contributed by atoms with E-state index in [0.717, 1.165) is 11.1 Å². The lowest BCUT2D eigenvalue weighted by molar-refractivity contribution is -0.133. The number of methoxy groups -OCH3 is 3. The molecule has 1 aliphatic heterocycles. The van der Waals surface area contributed by atoms with Gasteiger partial charge in [-0.3, -0.25) is 4.79 Å². The second kappa shape index (κ2) is 5.60. The first kappa shape index (κ1) is 14.3. The maximum atomic E-state index is 12.3. The van der Waals surface area contributed by atoms with Crippen LogP contribution in [0.2, 0.25) is 0 Å². The van der Waals surface area contributed by atoms with Crippen LogP contribution in [0.5, 0.6) is 23.0 Å². The summed E-state index contributed by atoms with van der Waals surface area (Å²) in [5, 5.41) is 0. The van der Waals surface area contributed by atoms with Gasteiger partial charge in [-0.05, 0) is 23.8 Å². The molecule has 2 aromatic carbocycles. The molecule has 0 aromatic heterocycles. The number of para-hydroxylation sites is 1. The van der Waals surface area contributed by atoms with Crippen LogP contribution >= 0.6 is 0 Å². The van der Waals surface area contributed by atoms with E-state index >= 15 is 0 Å². The van der Waals surface area contributed by atoms with E-state index in [1.165, 1.54) is 0 Å². The van der Waals surface area contributed by atoms with Crippen LogP contribution in [0.1, 0.15) is 17.0 Å². The third kappa shape index (κ3) is 2.15. The van der Waals surface area contributed by atoms with Gasteiger partial charge in [-0.2, -0.15) is 0 Å². The zero-order chi connectivity index (χ0) is 15.7. The van der Waals surface area contributed by atoms with Crippen molar-refractivity contribution in [2.75, 3.05) is 21.3 Å². The summed E-state index contributed by atoms with van der Waals surface area (Å²) < 4.78 is 21.2. The van der Waals surface area contributed by atoms with Crippen molar-refractivity contribution in [2.24, 2.45) is 0 Å². The molecule has 0 aliphatic carbocycles. The Morgan fingerprint density at radius 1 is 0.909 bits per heavy atom. The Hall–Kier alpha value is -2.69. The van der Waals surface area contributed by atoms with Crippen LogP contribution in [0.4, 0.5) is 0 Å². The van der Waals surface area contributed by atoms with Gasteiger partial charge in [0, 0.05) is 5.56 Å². The minimum Gasteiger partial charge on any atom is -0.493 e. The summed E-state index contributed by atoms with van der Waals surface area (Å²) in [6.45, 7) is 0. The van der Waals surface area contributed by atoms with E-state index in [9.17, 15) is 4.79 Å². The maximum absolute atomic E-state index is 12.3. The van der Waals surface area contributed by atoms with E-state index in [0.29, 0.717) is 23.0 Å². The van der Waals surface area contributed by atoms with Gasteiger partial charge in [0.2, 0.25) is 0 Å². The van der Waals surface area contributed by atoms with E-state index in [1.807, 2.05) is 18.2 Å². The number of fused-ring (bicyclic) bond motifs is 1. The number of hydrogen-bond donors (Lipinski definition) is 0. The van der Waals surface area contributed by atoms with E-state index in [-0.39, 0.29) is 5.97 Å². The fourth-order valence-electron chi connectivity index (χ4n) is 2.66. The Labute approximate surface area is 128 Å². The molecule has 2 aromatic rings. The molecule has 0 N–H and O–H groups in total. The molecular weight excluding hydrogens is 284 g/mol. The molecule has 0 saturated heterocycles. The number of carbonyl (C=O) groups excluding carboxylic acids is 1. The third-order valence-corrected chi connectivity index (χ3v) is 3.72. The first-order valence-corrected chi connectivity index (χ1v) is 6.80. The second-order valence-electron chi connectivity index (χ2n) is 4.85. The van der Waals surface area contributed by atoms with Crippen LogP contribution in [0.3, 0.4) is 0 Å². The Morgan fingerprint density at radius 3 is 2.32 bits per heavy atom. The highest BCUT2D eigenvalue weighted by Gasteiger charge is 2.36. The Balaban J connectivity index is 2.09. The molecule has 1 heterocycles. The Bertz CT molecular complexity index is 723. The zero-order valence-corrected chi connectivity index (χ0v) is 12.6. The molecule has 5 nitrogen and oxygen atoms in total. The van der Waals surface area contributed by atoms with E-state index in [1.54, 1.807) is 39.5 Å². The largest absolute Gasteiger partial charge is 0.493 e. The van der Waals surface area contributed by atoms with Crippen LogP contribution < -0.4 is 18.9 Å². The molecule has 0 fully saturated rings. The minimum atomic E-state index is -0.495. The number of esters is 1. The van der Waals surface area contributed by atoms with Crippen molar-refractivity contribution in [3.05, 3.63) is 47.5 Å². The lowest BCUT2D eigenvalue weighted by Gasteiger charge is -2.12. The van der Waals surface area contributed by atoms with Gasteiger partial charge < -0.3 is 18.9 Å². The highest BCUT2D eigenvalue weighted by molar-refractivity contribution is 5.90. The average Bonchev–Trinajstić information content (AvgIpc) is 2.89. The fourth-order valence-corrected chi connectivity index (χ4v) is 2.66. The van der Waals surface area contributed by atoms with Gasteiger partial charge >= 0.3 is 5.97 Å². The van der Waals surface area contributed by atoms with Gasteiger partial charge in [0.05, 0.1) is 21.3 Å². The van der Waals surface area contributed by atoms with Gasteiger partial charge in [-0.15, -0.1) is 0 Å². The predicted molar refractivity (Wildman–Crippen MR) is 80.0 cm³/mol. The molecule has 1 unspecified atom stereocenters. The van der Waals surface area contributed by atoms with Crippen LogP contribution in [0.25, 0.3) is 0 Å². The maximum Gasteiger partial charge on any atom is 0.323 e. The normalized spacial score (nSPS) is 16.0. The molecule has 0 saturated carbocycles. The van der Waals surface area contributed by atoms with Crippen LogP contribution in [-0.4, -0.2) is 27.3 Å². The molecule has 1 aliphatic rings. The highest BCUT2D eigenvalue weighted by atomic mass is 16.6. The monoisotopic (exact) mass is 300 g/mol. The lowest BCUT2D eigenvalue weighted by atomic mass is 9.92. The first-order valence-electron chi connectivity index (χ1n) is 6.80. The molecule has 0 amide bonds. The van der Waals surface area contributed by atoms with Crippen LogP contribution in [-0.2, 0) is 4.79 Å². The Morgan fingerprint density at radius 2 is 1.64 bits per heavy atom. The summed E-state index contributed by atoms with van der Waals surface area (Å²) >= 11 is 0. The smallest absolute Gasteiger partial charge is 0.323 e. The average molecular weight is 300 g/mol. The molecule has 0 spiro atoms. The molecule has 1 atom stereocenters. The summed E-state index contributed by atoms with van der Waals surface area (Å²) in [6.07, 6.45) is 0. The summed E-state index contributed by atoms with van der Waals surface area (Å²) in [6, 6.07) is 10.9. The van der Waals surface area contributed by atoms with Gasteiger partial charge in [-0.25, -0.2) is 0 Å². The fraction of sp³-hybridized carbons (Fsp3) is 0.235. The molecular formula is C17H16O5. The number of hydrogen-bond acceptors (Lipinski definition) is 5. The van der Waals surface area contributed by atoms with Crippen LogP contribution in [0, 0.1) is 0 Å². The van der Waals surface area contributed by atoms with Gasteiger partial charge in [0.15, 0.2) is 23.0 Å². The van der Waals surface area contributed by atoms with E-state index < -0.39 is 5.92 Å². The minimum absolute atomic E-state index is 0.327.